The molecule has 0 aliphatic rings. The number of unbranched alkanes of at least 4 members (excludes halogenated alkanes) is 13. The van der Waals surface area contributed by atoms with Crippen molar-refractivity contribution in [3.8, 4) is 0 Å². The smallest absolute Gasteiger partial charge is 0.338 e. The predicted molar refractivity (Wildman–Crippen MR) is 117 cm³/mol. The van der Waals surface area contributed by atoms with Crippen LogP contribution in [0.1, 0.15) is 107 Å². The first kappa shape index (κ1) is 24.3. The third-order valence-electron chi connectivity index (χ3n) is 4.89. The van der Waals surface area contributed by atoms with Gasteiger partial charge in [0.05, 0.1) is 22.2 Å². The highest BCUT2D eigenvalue weighted by Crippen LogP contribution is 2.23. The minimum Gasteiger partial charge on any atom is -0.462 e. The molecule has 4 heteroatoms. The van der Waals surface area contributed by atoms with Gasteiger partial charge in [-0.05, 0) is 24.6 Å². The fourth-order valence-corrected chi connectivity index (χ4v) is 3.47. The van der Waals surface area contributed by atoms with Crippen LogP contribution in [0.3, 0.4) is 0 Å². The number of benzene rings is 1. The van der Waals surface area contributed by atoms with Crippen molar-refractivity contribution in [2.45, 2.75) is 96.8 Å². The zero-order valence-electron chi connectivity index (χ0n) is 16.9. The van der Waals surface area contributed by atoms with Crippen LogP contribution in [0.25, 0.3) is 0 Å². The number of carbonyl (C=O) groups excluding carboxylic acids is 1. The highest BCUT2D eigenvalue weighted by atomic mass is 35.5. The average Bonchev–Trinajstić information content (AvgIpc) is 2.66. The van der Waals surface area contributed by atoms with Gasteiger partial charge in [-0.25, -0.2) is 4.79 Å². The van der Waals surface area contributed by atoms with Gasteiger partial charge in [-0.2, -0.15) is 0 Å². The maximum Gasteiger partial charge on any atom is 0.338 e. The van der Waals surface area contributed by atoms with Crippen LogP contribution in [0.2, 0.25) is 10.0 Å². The van der Waals surface area contributed by atoms with Gasteiger partial charge in [0.25, 0.3) is 0 Å². The van der Waals surface area contributed by atoms with Crippen molar-refractivity contribution in [3.05, 3.63) is 33.8 Å². The molecule has 2 nitrogen and oxygen atoms in total. The summed E-state index contributed by atoms with van der Waals surface area (Å²) in [6.07, 6.45) is 18.4. The van der Waals surface area contributed by atoms with Crippen LogP contribution in [0.15, 0.2) is 18.2 Å². The molecule has 1 rings (SSSR count). The molecule has 0 amide bonds. The second-order valence-electron chi connectivity index (χ2n) is 7.36. The largest absolute Gasteiger partial charge is 0.462 e. The molecule has 0 spiro atoms. The van der Waals surface area contributed by atoms with Crippen molar-refractivity contribution in [2.24, 2.45) is 0 Å². The second-order valence-corrected chi connectivity index (χ2v) is 8.18. The second kappa shape index (κ2) is 16.2. The zero-order chi connectivity index (χ0) is 19.7. The Morgan fingerprint density at radius 1 is 0.741 bits per heavy atom. The Hall–Kier alpha value is -0.730. The van der Waals surface area contributed by atoms with Gasteiger partial charge in [0.1, 0.15) is 0 Å². The third-order valence-corrected chi connectivity index (χ3v) is 5.63. The van der Waals surface area contributed by atoms with Crippen LogP contribution in [-0.2, 0) is 4.74 Å². The lowest BCUT2D eigenvalue weighted by molar-refractivity contribution is 0.0497. The molecular formula is C23H36Cl2O2. The zero-order valence-corrected chi connectivity index (χ0v) is 18.4. The van der Waals surface area contributed by atoms with Crippen molar-refractivity contribution >= 4 is 29.2 Å². The van der Waals surface area contributed by atoms with E-state index >= 15 is 0 Å². The van der Waals surface area contributed by atoms with Gasteiger partial charge in [0.2, 0.25) is 0 Å². The first-order chi connectivity index (χ1) is 13.1. The van der Waals surface area contributed by atoms with Crippen molar-refractivity contribution in [1.29, 1.82) is 0 Å². The average molecular weight is 415 g/mol. The molecule has 0 aliphatic carbocycles. The molecule has 0 bridgehead atoms. The lowest BCUT2D eigenvalue weighted by Gasteiger charge is -2.06. The fourth-order valence-electron chi connectivity index (χ4n) is 3.17. The molecule has 1 aromatic rings. The summed E-state index contributed by atoms with van der Waals surface area (Å²) in [6.45, 7) is 2.74. The summed E-state index contributed by atoms with van der Waals surface area (Å²) >= 11 is 11.8. The molecule has 0 fully saturated rings. The van der Waals surface area contributed by atoms with Gasteiger partial charge in [-0.3, -0.25) is 0 Å². The molecule has 1 aromatic carbocycles. The van der Waals surface area contributed by atoms with E-state index in [4.69, 9.17) is 27.9 Å². The normalized spacial score (nSPS) is 10.9. The van der Waals surface area contributed by atoms with Gasteiger partial charge in [0.15, 0.2) is 0 Å². The van der Waals surface area contributed by atoms with Crippen LogP contribution in [0.5, 0.6) is 0 Å². The first-order valence-electron chi connectivity index (χ1n) is 10.8. The van der Waals surface area contributed by atoms with Crippen LogP contribution in [0, 0.1) is 0 Å². The SMILES string of the molecule is CCCCCCCCCCCCCCCCOC(=O)c1ccc(Cl)c(Cl)c1. The highest BCUT2D eigenvalue weighted by molar-refractivity contribution is 6.42. The van der Waals surface area contributed by atoms with E-state index in [9.17, 15) is 4.79 Å². The van der Waals surface area contributed by atoms with Crippen molar-refractivity contribution in [2.75, 3.05) is 6.61 Å². The summed E-state index contributed by atoms with van der Waals surface area (Å²) in [5, 5.41) is 0.822. The molecule has 154 valence electrons. The summed E-state index contributed by atoms with van der Waals surface area (Å²) in [7, 11) is 0. The summed E-state index contributed by atoms with van der Waals surface area (Å²) < 4.78 is 5.29. The number of carbonyl (C=O) groups is 1. The standard InChI is InChI=1S/C23H36Cl2O2/c1-2-3-4-5-6-7-8-9-10-11-12-13-14-15-18-27-23(26)20-16-17-21(24)22(25)19-20/h16-17,19H,2-15,18H2,1H3. The lowest BCUT2D eigenvalue weighted by atomic mass is 10.0. The molecule has 0 radical (unpaired) electrons. The van der Waals surface area contributed by atoms with Crippen LogP contribution < -0.4 is 0 Å². The summed E-state index contributed by atoms with van der Waals surface area (Å²) in [5.41, 5.74) is 0.453. The van der Waals surface area contributed by atoms with Crippen LogP contribution >= 0.6 is 23.2 Å². The Morgan fingerprint density at radius 3 is 1.70 bits per heavy atom. The molecule has 0 heterocycles. The van der Waals surface area contributed by atoms with E-state index in [2.05, 4.69) is 6.92 Å². The predicted octanol–water partition coefficient (Wildman–Crippen LogP) is 8.63. The summed E-state index contributed by atoms with van der Waals surface area (Å²) in [6, 6.07) is 4.81. The number of rotatable bonds is 16. The Morgan fingerprint density at radius 2 is 1.22 bits per heavy atom. The number of esters is 1. The minimum atomic E-state index is -0.330. The first-order valence-corrected chi connectivity index (χ1v) is 11.5. The number of hydrogen-bond donors (Lipinski definition) is 0. The Kier molecular flexibility index (Phi) is 14.6. The maximum absolute atomic E-state index is 11.9. The number of ether oxygens (including phenoxy) is 1. The molecule has 0 saturated heterocycles. The maximum atomic E-state index is 11.9. The van der Waals surface area contributed by atoms with E-state index in [1.807, 2.05) is 0 Å². The third kappa shape index (κ3) is 12.4. The van der Waals surface area contributed by atoms with E-state index in [0.717, 1.165) is 12.8 Å². The monoisotopic (exact) mass is 414 g/mol. The number of halogens is 2. The van der Waals surface area contributed by atoms with Crippen LogP contribution in [-0.4, -0.2) is 12.6 Å². The number of hydrogen-bond acceptors (Lipinski definition) is 2. The van der Waals surface area contributed by atoms with Crippen molar-refractivity contribution < 1.29 is 9.53 Å². The molecule has 0 N–H and O–H groups in total. The lowest BCUT2D eigenvalue weighted by Crippen LogP contribution is -2.06. The quantitative estimate of drug-likeness (QED) is 0.199. The van der Waals surface area contributed by atoms with Gasteiger partial charge in [0, 0.05) is 0 Å². The molecule has 0 atom stereocenters. The van der Waals surface area contributed by atoms with Crippen molar-refractivity contribution in [1.82, 2.24) is 0 Å². The Balaban J connectivity index is 1.87. The van der Waals surface area contributed by atoms with Crippen molar-refractivity contribution in [3.63, 3.8) is 0 Å². The highest BCUT2D eigenvalue weighted by Gasteiger charge is 2.09. The van der Waals surface area contributed by atoms with E-state index in [0.29, 0.717) is 22.2 Å². The molecular weight excluding hydrogens is 379 g/mol. The fraction of sp³-hybridized carbons (Fsp3) is 0.696. The molecule has 0 saturated carbocycles. The van der Waals surface area contributed by atoms with Gasteiger partial charge in [-0.1, -0.05) is 114 Å². The van der Waals surface area contributed by atoms with Gasteiger partial charge < -0.3 is 4.74 Å². The molecule has 0 aromatic heterocycles. The van der Waals surface area contributed by atoms with Crippen LogP contribution in [0.4, 0.5) is 0 Å². The Bertz CT molecular complexity index is 517. The van der Waals surface area contributed by atoms with E-state index in [1.54, 1.807) is 18.2 Å². The van der Waals surface area contributed by atoms with E-state index < -0.39 is 0 Å². The summed E-state index contributed by atoms with van der Waals surface area (Å²) in [4.78, 5) is 11.9. The minimum absolute atomic E-state index is 0.330. The Labute approximate surface area is 176 Å². The molecule has 27 heavy (non-hydrogen) atoms. The van der Waals surface area contributed by atoms with Gasteiger partial charge >= 0.3 is 5.97 Å². The van der Waals surface area contributed by atoms with Gasteiger partial charge in [-0.15, -0.1) is 0 Å². The molecule has 0 aliphatic heterocycles. The summed E-state index contributed by atoms with van der Waals surface area (Å²) in [5.74, 6) is -0.330. The molecule has 0 unspecified atom stereocenters. The van der Waals surface area contributed by atoms with E-state index in [-0.39, 0.29) is 5.97 Å². The van der Waals surface area contributed by atoms with E-state index in [1.165, 1.54) is 77.0 Å². The topological polar surface area (TPSA) is 26.3 Å².